The molecule has 1 N–H and O–H groups in total. The molecule has 4 rings (SSSR count). The number of hydrogen-bond acceptors (Lipinski definition) is 5. The van der Waals surface area contributed by atoms with Crippen molar-refractivity contribution in [3.8, 4) is 5.69 Å². The highest BCUT2D eigenvalue weighted by Crippen LogP contribution is 2.40. The first-order chi connectivity index (χ1) is 11.7. The lowest BCUT2D eigenvalue weighted by Crippen LogP contribution is -2.35. The number of nitrogens with one attached hydrogen (secondary N) is 1. The van der Waals surface area contributed by atoms with Crippen molar-refractivity contribution in [1.29, 1.82) is 0 Å². The molecule has 124 valence electrons. The van der Waals surface area contributed by atoms with E-state index < -0.39 is 0 Å². The molecule has 7 nitrogen and oxygen atoms in total. The quantitative estimate of drug-likeness (QED) is 0.837. The Labute approximate surface area is 143 Å². The third kappa shape index (κ3) is 3.01. The number of carbonyl (C=O) groups is 2. The van der Waals surface area contributed by atoms with Crippen LogP contribution in [0.15, 0.2) is 35.5 Å². The monoisotopic (exact) mass is 343 g/mol. The van der Waals surface area contributed by atoms with Gasteiger partial charge in [-0.15, -0.1) is 5.10 Å². The second kappa shape index (κ2) is 6.27. The molecule has 0 bridgehead atoms. The number of amides is 3. The molecule has 0 radical (unpaired) electrons. The van der Waals surface area contributed by atoms with Gasteiger partial charge in [-0.25, -0.2) is 14.5 Å². The van der Waals surface area contributed by atoms with Gasteiger partial charge in [0.2, 0.25) is 11.1 Å². The van der Waals surface area contributed by atoms with Gasteiger partial charge in [-0.05, 0) is 25.0 Å². The van der Waals surface area contributed by atoms with Gasteiger partial charge in [0.1, 0.15) is 5.82 Å². The van der Waals surface area contributed by atoms with Crippen LogP contribution in [0.1, 0.15) is 24.6 Å². The third-order valence-corrected chi connectivity index (χ3v) is 4.86. The number of rotatable bonds is 5. The van der Waals surface area contributed by atoms with Gasteiger partial charge < -0.3 is 5.32 Å². The normalized spacial score (nSPS) is 17.2. The molecule has 1 aliphatic carbocycles. The van der Waals surface area contributed by atoms with Gasteiger partial charge in [0.05, 0.1) is 11.4 Å². The zero-order valence-electron chi connectivity index (χ0n) is 13.0. The Bertz CT molecular complexity index is 772. The van der Waals surface area contributed by atoms with E-state index in [-0.39, 0.29) is 17.7 Å². The van der Waals surface area contributed by atoms with Crippen LogP contribution in [0.2, 0.25) is 0 Å². The first kappa shape index (κ1) is 15.2. The van der Waals surface area contributed by atoms with Crippen LogP contribution >= 0.6 is 11.8 Å². The summed E-state index contributed by atoms with van der Waals surface area (Å²) in [6.45, 7) is 0.944. The summed E-state index contributed by atoms with van der Waals surface area (Å²) in [5.74, 6) is 1.36. The molecule has 1 saturated carbocycles. The van der Waals surface area contributed by atoms with E-state index in [0.29, 0.717) is 24.2 Å². The predicted octanol–water partition coefficient (Wildman–Crippen LogP) is 1.79. The number of imide groups is 1. The Morgan fingerprint density at radius 3 is 2.75 bits per heavy atom. The molecule has 3 amide bonds. The molecule has 2 aliphatic rings. The maximum absolute atomic E-state index is 12.1. The summed E-state index contributed by atoms with van der Waals surface area (Å²) in [4.78, 5) is 29.5. The zero-order chi connectivity index (χ0) is 16.5. The van der Waals surface area contributed by atoms with E-state index in [1.165, 1.54) is 16.7 Å². The summed E-state index contributed by atoms with van der Waals surface area (Å²) < 4.78 is 1.87. The summed E-state index contributed by atoms with van der Waals surface area (Å²) in [5.41, 5.74) is 0.976. The first-order valence-electron chi connectivity index (χ1n) is 7.96. The maximum Gasteiger partial charge on any atom is 0.324 e. The highest BCUT2D eigenvalue weighted by molar-refractivity contribution is 7.99. The average molecular weight is 343 g/mol. The maximum atomic E-state index is 12.1. The van der Waals surface area contributed by atoms with Gasteiger partial charge in [-0.1, -0.05) is 30.0 Å². The third-order valence-electron chi connectivity index (χ3n) is 4.04. The molecule has 8 heteroatoms. The van der Waals surface area contributed by atoms with Crippen molar-refractivity contribution in [2.75, 3.05) is 18.8 Å². The van der Waals surface area contributed by atoms with Crippen molar-refractivity contribution in [1.82, 2.24) is 25.0 Å². The van der Waals surface area contributed by atoms with E-state index in [4.69, 9.17) is 0 Å². The Morgan fingerprint density at radius 2 is 2.08 bits per heavy atom. The van der Waals surface area contributed by atoms with Crippen LogP contribution in [0.3, 0.4) is 0 Å². The highest BCUT2D eigenvalue weighted by Gasteiger charge is 2.31. The van der Waals surface area contributed by atoms with Gasteiger partial charge in [-0.3, -0.25) is 9.69 Å². The molecule has 2 heterocycles. The van der Waals surface area contributed by atoms with Crippen molar-refractivity contribution in [3.63, 3.8) is 0 Å². The lowest BCUT2D eigenvalue weighted by atomic mass is 10.3. The van der Waals surface area contributed by atoms with E-state index in [9.17, 15) is 9.59 Å². The van der Waals surface area contributed by atoms with Crippen LogP contribution in [0.25, 0.3) is 5.69 Å². The Morgan fingerprint density at radius 1 is 1.29 bits per heavy atom. The molecule has 1 aliphatic heterocycles. The molecular formula is C16H17N5O2S. The Balaban J connectivity index is 1.50. The number of nitrogens with zero attached hydrogens (tertiary/aromatic N) is 4. The first-order valence-corrected chi connectivity index (χ1v) is 8.94. The van der Waals surface area contributed by atoms with Crippen LogP contribution in [0.5, 0.6) is 0 Å². The summed E-state index contributed by atoms with van der Waals surface area (Å²) in [7, 11) is 0. The largest absolute Gasteiger partial charge is 0.336 e. The van der Waals surface area contributed by atoms with Gasteiger partial charge in [0, 0.05) is 19.0 Å². The number of thioether (sulfide) groups is 1. The Hall–Kier alpha value is -2.35. The molecule has 1 aromatic carbocycles. The number of para-hydroxylation sites is 1. The number of benzene rings is 1. The van der Waals surface area contributed by atoms with Gasteiger partial charge >= 0.3 is 6.03 Å². The zero-order valence-corrected chi connectivity index (χ0v) is 13.8. The SMILES string of the molecule is O=C(CSc1nc(C2CC2)n(-c2ccccc2)n1)N1CCNC1=O. The van der Waals surface area contributed by atoms with Crippen molar-refractivity contribution in [2.45, 2.75) is 23.9 Å². The molecular weight excluding hydrogens is 326 g/mol. The van der Waals surface area contributed by atoms with Crippen LogP contribution in [0, 0.1) is 0 Å². The molecule has 2 aromatic rings. The predicted molar refractivity (Wildman–Crippen MR) is 89.2 cm³/mol. The molecule has 0 spiro atoms. The van der Waals surface area contributed by atoms with Crippen LogP contribution in [-0.4, -0.2) is 50.4 Å². The molecule has 0 unspecified atom stereocenters. The molecule has 2 fully saturated rings. The van der Waals surface area contributed by atoms with E-state index in [0.717, 1.165) is 24.4 Å². The minimum Gasteiger partial charge on any atom is -0.336 e. The van der Waals surface area contributed by atoms with Crippen molar-refractivity contribution < 1.29 is 9.59 Å². The van der Waals surface area contributed by atoms with Crippen LogP contribution in [-0.2, 0) is 4.79 Å². The Kier molecular flexibility index (Phi) is 3.97. The lowest BCUT2D eigenvalue weighted by molar-refractivity contribution is -0.124. The second-order valence-electron chi connectivity index (χ2n) is 5.84. The van der Waals surface area contributed by atoms with Gasteiger partial charge in [-0.2, -0.15) is 0 Å². The van der Waals surface area contributed by atoms with E-state index in [2.05, 4.69) is 15.4 Å². The molecule has 1 aromatic heterocycles. The minimum absolute atomic E-state index is 0.163. The average Bonchev–Trinajstić information content (AvgIpc) is 3.22. The summed E-state index contributed by atoms with van der Waals surface area (Å²) in [6.07, 6.45) is 2.25. The standard InChI is InChI=1S/C16H17N5O2S/c22-13(20-9-8-17-16(20)23)10-24-15-18-14(11-6-7-11)21(19-15)12-4-2-1-3-5-12/h1-5,11H,6-10H2,(H,17,23). The second-order valence-corrected chi connectivity index (χ2v) is 6.78. The molecule has 24 heavy (non-hydrogen) atoms. The summed E-state index contributed by atoms with van der Waals surface area (Å²) in [6, 6.07) is 9.57. The van der Waals surface area contributed by atoms with E-state index in [1.807, 2.05) is 35.0 Å². The van der Waals surface area contributed by atoms with Crippen molar-refractivity contribution >= 4 is 23.7 Å². The molecule has 0 atom stereocenters. The van der Waals surface area contributed by atoms with E-state index >= 15 is 0 Å². The fourth-order valence-corrected chi connectivity index (χ4v) is 3.35. The smallest absolute Gasteiger partial charge is 0.324 e. The fraction of sp³-hybridized carbons (Fsp3) is 0.375. The van der Waals surface area contributed by atoms with Crippen LogP contribution < -0.4 is 5.32 Å². The van der Waals surface area contributed by atoms with Crippen molar-refractivity contribution in [3.05, 3.63) is 36.2 Å². The summed E-state index contributed by atoms with van der Waals surface area (Å²) >= 11 is 1.28. The van der Waals surface area contributed by atoms with Crippen LogP contribution in [0.4, 0.5) is 4.79 Å². The number of aromatic nitrogens is 3. The lowest BCUT2D eigenvalue weighted by Gasteiger charge is -2.10. The topological polar surface area (TPSA) is 80.1 Å². The molecule has 1 saturated heterocycles. The van der Waals surface area contributed by atoms with E-state index in [1.54, 1.807) is 0 Å². The van der Waals surface area contributed by atoms with Crippen molar-refractivity contribution in [2.24, 2.45) is 0 Å². The highest BCUT2D eigenvalue weighted by atomic mass is 32.2. The number of carbonyl (C=O) groups excluding carboxylic acids is 2. The minimum atomic E-state index is -0.318. The summed E-state index contributed by atoms with van der Waals surface area (Å²) in [5, 5.41) is 7.76. The number of hydrogen-bond donors (Lipinski definition) is 1. The fourth-order valence-electron chi connectivity index (χ4n) is 2.64. The van der Waals surface area contributed by atoms with Gasteiger partial charge in [0.25, 0.3) is 0 Å². The number of urea groups is 1. The van der Waals surface area contributed by atoms with Gasteiger partial charge in [0.15, 0.2) is 0 Å².